The van der Waals surface area contributed by atoms with E-state index in [1.165, 1.54) is 24.0 Å². The van der Waals surface area contributed by atoms with E-state index in [4.69, 9.17) is 9.47 Å². The van der Waals surface area contributed by atoms with E-state index < -0.39 is 0 Å². The van der Waals surface area contributed by atoms with Crippen LogP contribution in [0, 0.1) is 6.92 Å². The second kappa shape index (κ2) is 8.04. The molecule has 0 atom stereocenters. The van der Waals surface area contributed by atoms with Crippen LogP contribution in [-0.2, 0) is 13.2 Å². The maximum absolute atomic E-state index is 6.03. The number of hydrogen-bond acceptors (Lipinski definition) is 3. The highest BCUT2D eigenvalue weighted by atomic mass is 79.9. The molecule has 0 bridgehead atoms. The smallest absolute Gasteiger partial charge is 0.162 e. The van der Waals surface area contributed by atoms with Gasteiger partial charge in [0.2, 0.25) is 0 Å². The fourth-order valence-corrected chi connectivity index (χ4v) is 3.06. The van der Waals surface area contributed by atoms with Gasteiger partial charge in [0.15, 0.2) is 11.5 Å². The molecule has 0 saturated heterocycles. The molecule has 1 aliphatic carbocycles. The lowest BCUT2D eigenvalue weighted by Gasteiger charge is -2.15. The third kappa shape index (κ3) is 4.74. The van der Waals surface area contributed by atoms with E-state index in [-0.39, 0.29) is 0 Å². The molecule has 1 aliphatic rings. The van der Waals surface area contributed by atoms with E-state index in [1.54, 1.807) is 0 Å². The summed E-state index contributed by atoms with van der Waals surface area (Å²) in [6.07, 6.45) is 2.57. The molecule has 0 spiro atoms. The Morgan fingerprint density at radius 2 is 1.92 bits per heavy atom. The van der Waals surface area contributed by atoms with Crippen molar-refractivity contribution in [2.45, 2.75) is 45.9 Å². The van der Waals surface area contributed by atoms with Crippen LogP contribution < -0.4 is 14.8 Å². The summed E-state index contributed by atoms with van der Waals surface area (Å²) >= 11 is 3.67. The maximum atomic E-state index is 6.03. The summed E-state index contributed by atoms with van der Waals surface area (Å²) in [5, 5.41) is 3.54. The Balaban J connectivity index is 1.73. The van der Waals surface area contributed by atoms with Crippen molar-refractivity contribution in [3.63, 3.8) is 0 Å². The average Bonchev–Trinajstić information content (AvgIpc) is 3.38. The van der Waals surface area contributed by atoms with Crippen LogP contribution in [0.4, 0.5) is 0 Å². The number of hydrogen-bond donors (Lipinski definition) is 1. The number of ether oxygens (including phenoxy) is 2. The monoisotopic (exact) mass is 389 g/mol. The van der Waals surface area contributed by atoms with Gasteiger partial charge < -0.3 is 14.8 Å². The van der Waals surface area contributed by atoms with Crippen molar-refractivity contribution in [3.05, 3.63) is 57.6 Å². The van der Waals surface area contributed by atoms with Crippen molar-refractivity contribution in [2.24, 2.45) is 0 Å². The first-order valence-corrected chi connectivity index (χ1v) is 9.32. The molecule has 0 aromatic heterocycles. The number of aryl methyl sites for hydroxylation is 1. The molecule has 0 aliphatic heterocycles. The molecule has 0 radical (unpaired) electrons. The summed E-state index contributed by atoms with van der Waals surface area (Å²) in [5.74, 6) is 1.58. The zero-order valence-electron chi connectivity index (χ0n) is 14.3. The van der Waals surface area contributed by atoms with Gasteiger partial charge >= 0.3 is 0 Å². The molecule has 1 saturated carbocycles. The molecule has 3 nitrogen and oxygen atoms in total. The molecular formula is C20H24BrNO2. The van der Waals surface area contributed by atoms with Gasteiger partial charge in [-0.15, -0.1) is 0 Å². The van der Waals surface area contributed by atoms with Gasteiger partial charge in [-0.3, -0.25) is 0 Å². The van der Waals surface area contributed by atoms with Crippen molar-refractivity contribution in [1.82, 2.24) is 5.32 Å². The summed E-state index contributed by atoms with van der Waals surface area (Å²) in [4.78, 5) is 0. The van der Waals surface area contributed by atoms with Crippen LogP contribution in [0.3, 0.4) is 0 Å². The predicted molar refractivity (Wildman–Crippen MR) is 101 cm³/mol. The number of halogens is 1. The Hall–Kier alpha value is -1.52. The molecule has 1 fully saturated rings. The zero-order valence-corrected chi connectivity index (χ0v) is 15.9. The first-order chi connectivity index (χ1) is 11.7. The van der Waals surface area contributed by atoms with Gasteiger partial charge in [-0.05, 0) is 49.9 Å². The Bertz CT molecular complexity index is 698. The van der Waals surface area contributed by atoms with Crippen molar-refractivity contribution in [3.8, 4) is 11.5 Å². The van der Waals surface area contributed by atoms with E-state index >= 15 is 0 Å². The van der Waals surface area contributed by atoms with Gasteiger partial charge in [-0.25, -0.2) is 0 Å². The number of benzene rings is 2. The largest absolute Gasteiger partial charge is 0.490 e. The van der Waals surface area contributed by atoms with Gasteiger partial charge in [0.1, 0.15) is 6.61 Å². The fraction of sp³-hybridized carbons (Fsp3) is 0.400. The van der Waals surface area contributed by atoms with Crippen molar-refractivity contribution in [2.75, 3.05) is 6.61 Å². The van der Waals surface area contributed by atoms with Gasteiger partial charge in [0, 0.05) is 17.1 Å². The zero-order chi connectivity index (χ0) is 16.9. The van der Waals surface area contributed by atoms with E-state index in [0.717, 1.165) is 28.1 Å². The van der Waals surface area contributed by atoms with E-state index in [1.807, 2.05) is 13.0 Å². The molecule has 4 heteroatoms. The summed E-state index contributed by atoms with van der Waals surface area (Å²) in [5.41, 5.74) is 3.60. The molecule has 3 rings (SSSR count). The quantitative estimate of drug-likeness (QED) is 0.689. The second-order valence-corrected chi connectivity index (χ2v) is 7.11. The normalized spacial score (nSPS) is 13.8. The molecule has 128 valence electrons. The second-order valence-electron chi connectivity index (χ2n) is 6.26. The summed E-state index contributed by atoms with van der Waals surface area (Å²) < 4.78 is 12.9. The lowest BCUT2D eigenvalue weighted by atomic mass is 10.1. The Kier molecular flexibility index (Phi) is 5.80. The minimum Gasteiger partial charge on any atom is -0.490 e. The summed E-state index contributed by atoms with van der Waals surface area (Å²) in [6, 6.07) is 13.1. The highest BCUT2D eigenvalue weighted by molar-refractivity contribution is 9.10. The Labute approximate surface area is 152 Å². The van der Waals surface area contributed by atoms with Crippen LogP contribution in [-0.4, -0.2) is 12.6 Å². The van der Waals surface area contributed by atoms with E-state index in [0.29, 0.717) is 19.3 Å². The highest BCUT2D eigenvalue weighted by Gasteiger charge is 2.21. The van der Waals surface area contributed by atoms with E-state index in [9.17, 15) is 0 Å². The van der Waals surface area contributed by atoms with Crippen LogP contribution in [0.25, 0.3) is 0 Å². The molecule has 2 aromatic carbocycles. The lowest BCUT2D eigenvalue weighted by molar-refractivity contribution is 0.268. The van der Waals surface area contributed by atoms with Gasteiger partial charge in [-0.1, -0.05) is 45.8 Å². The van der Waals surface area contributed by atoms with Crippen molar-refractivity contribution in [1.29, 1.82) is 0 Å². The Morgan fingerprint density at radius 3 is 2.62 bits per heavy atom. The minimum atomic E-state index is 0.536. The molecule has 0 unspecified atom stereocenters. The average molecular weight is 390 g/mol. The van der Waals surface area contributed by atoms with Crippen molar-refractivity contribution < 1.29 is 9.47 Å². The summed E-state index contributed by atoms with van der Waals surface area (Å²) in [6.45, 7) is 6.09. The molecular weight excluding hydrogens is 366 g/mol. The molecule has 24 heavy (non-hydrogen) atoms. The number of nitrogens with one attached hydrogen (secondary N) is 1. The van der Waals surface area contributed by atoms with Crippen LogP contribution in [0.2, 0.25) is 0 Å². The van der Waals surface area contributed by atoms with Gasteiger partial charge in [0.25, 0.3) is 0 Å². The molecule has 0 heterocycles. The molecule has 1 N–H and O–H groups in total. The van der Waals surface area contributed by atoms with Crippen LogP contribution in [0.1, 0.15) is 36.5 Å². The number of rotatable bonds is 8. The summed E-state index contributed by atoms with van der Waals surface area (Å²) in [7, 11) is 0. The topological polar surface area (TPSA) is 30.5 Å². The van der Waals surface area contributed by atoms with Crippen molar-refractivity contribution >= 4 is 15.9 Å². The van der Waals surface area contributed by atoms with E-state index in [2.05, 4.69) is 58.5 Å². The minimum absolute atomic E-state index is 0.536. The van der Waals surface area contributed by atoms with Crippen LogP contribution >= 0.6 is 15.9 Å². The third-order valence-corrected chi connectivity index (χ3v) is 4.79. The SMILES string of the molecule is CCOc1cc(CNC2CC2)c(Br)cc1OCc1cccc(C)c1. The highest BCUT2D eigenvalue weighted by Crippen LogP contribution is 2.35. The molecule has 0 amide bonds. The first kappa shape index (κ1) is 17.3. The Morgan fingerprint density at radius 1 is 1.12 bits per heavy atom. The van der Waals surface area contributed by atoms with Gasteiger partial charge in [-0.2, -0.15) is 0 Å². The predicted octanol–water partition coefficient (Wildman–Crippen LogP) is 4.99. The third-order valence-electron chi connectivity index (χ3n) is 4.05. The van der Waals surface area contributed by atoms with Gasteiger partial charge in [0.05, 0.1) is 6.61 Å². The first-order valence-electron chi connectivity index (χ1n) is 8.52. The fourth-order valence-electron chi connectivity index (χ4n) is 2.60. The van der Waals surface area contributed by atoms with Crippen LogP contribution in [0.15, 0.2) is 40.9 Å². The van der Waals surface area contributed by atoms with Crippen LogP contribution in [0.5, 0.6) is 11.5 Å². The lowest BCUT2D eigenvalue weighted by Crippen LogP contribution is -2.15. The standard InChI is InChI=1S/C20H24BrNO2/c1-3-23-19-10-16(12-22-17-7-8-17)18(21)11-20(19)24-13-15-6-4-5-14(2)9-15/h4-6,9-11,17,22H,3,7-8,12-13H2,1-2H3. The maximum Gasteiger partial charge on any atom is 0.162 e. The molecule has 2 aromatic rings.